The fraction of sp³-hybridized carbons (Fsp3) is 0.143. The number of aromatic amines is 1. The van der Waals surface area contributed by atoms with Gasteiger partial charge in [0.1, 0.15) is 5.82 Å². The quantitative estimate of drug-likeness (QED) is 0.499. The number of H-pyrrole nitrogens is 1. The molecule has 19 heavy (non-hydrogen) atoms. The molecule has 98 valence electrons. The van der Waals surface area contributed by atoms with Crippen molar-refractivity contribution in [2.24, 2.45) is 0 Å². The number of hydrogen-bond donors (Lipinski definition) is 2. The van der Waals surface area contributed by atoms with Gasteiger partial charge in [-0.1, -0.05) is 48.2 Å². The molecule has 2 aromatic rings. The van der Waals surface area contributed by atoms with Gasteiger partial charge in [-0.2, -0.15) is 0 Å². The van der Waals surface area contributed by atoms with E-state index >= 15 is 0 Å². The molecule has 1 atom stereocenters. The van der Waals surface area contributed by atoms with E-state index < -0.39 is 0 Å². The lowest BCUT2D eigenvalue weighted by molar-refractivity contribution is 0.911. The van der Waals surface area contributed by atoms with Gasteiger partial charge in [0.15, 0.2) is 5.16 Å². The molecule has 0 aliphatic rings. The van der Waals surface area contributed by atoms with Crippen LogP contribution in [0.5, 0.6) is 0 Å². The Bertz CT molecular complexity index is 610. The molecule has 0 spiro atoms. The average Bonchev–Trinajstić information content (AvgIpc) is 2.38. The van der Waals surface area contributed by atoms with Crippen molar-refractivity contribution < 1.29 is 0 Å². The van der Waals surface area contributed by atoms with E-state index in [4.69, 9.17) is 5.73 Å². The number of anilines is 1. The van der Waals surface area contributed by atoms with Gasteiger partial charge in [-0.25, -0.2) is 4.98 Å². The van der Waals surface area contributed by atoms with Crippen LogP contribution in [0.3, 0.4) is 0 Å². The Kier molecular flexibility index (Phi) is 4.41. The minimum absolute atomic E-state index is 0.156. The summed E-state index contributed by atoms with van der Waals surface area (Å²) in [5.41, 5.74) is 6.51. The SMILES string of the molecule is C=CCC(Sc1nc(N)cc(=O)[nH]1)c1ccccc1. The summed E-state index contributed by atoms with van der Waals surface area (Å²) in [6.45, 7) is 3.77. The largest absolute Gasteiger partial charge is 0.383 e. The van der Waals surface area contributed by atoms with Gasteiger partial charge in [-0.3, -0.25) is 4.79 Å². The van der Waals surface area contributed by atoms with Gasteiger partial charge in [0, 0.05) is 11.3 Å². The number of allylic oxidation sites excluding steroid dienone is 1. The summed E-state index contributed by atoms with van der Waals surface area (Å²) in [5.74, 6) is 0.233. The molecule has 2 rings (SSSR count). The standard InChI is InChI=1S/C14H15N3OS/c1-2-6-11(10-7-4-3-5-8-10)19-14-16-12(15)9-13(18)17-14/h2-5,7-9,11H,1,6H2,(H3,15,16,17,18). The van der Waals surface area contributed by atoms with E-state index in [0.717, 1.165) is 12.0 Å². The molecule has 0 saturated carbocycles. The zero-order valence-corrected chi connectivity index (χ0v) is 11.2. The second-order valence-electron chi connectivity index (χ2n) is 4.02. The Balaban J connectivity index is 2.26. The highest BCUT2D eigenvalue weighted by Gasteiger charge is 2.13. The van der Waals surface area contributed by atoms with Crippen LogP contribution >= 0.6 is 11.8 Å². The average molecular weight is 273 g/mol. The highest BCUT2D eigenvalue weighted by Crippen LogP contribution is 2.35. The molecule has 4 nitrogen and oxygen atoms in total. The molecule has 1 aromatic heterocycles. The molecule has 0 aliphatic carbocycles. The molecule has 5 heteroatoms. The molecule has 0 saturated heterocycles. The number of benzene rings is 1. The van der Waals surface area contributed by atoms with Crippen molar-refractivity contribution in [3.05, 3.63) is 65.0 Å². The number of thioether (sulfide) groups is 1. The third-order valence-corrected chi connectivity index (χ3v) is 3.71. The van der Waals surface area contributed by atoms with E-state index in [9.17, 15) is 4.79 Å². The van der Waals surface area contributed by atoms with Gasteiger partial charge in [-0.05, 0) is 12.0 Å². The molecule has 1 unspecified atom stereocenters. The number of nitrogens with zero attached hydrogens (tertiary/aromatic N) is 1. The van der Waals surface area contributed by atoms with Gasteiger partial charge < -0.3 is 10.7 Å². The van der Waals surface area contributed by atoms with Gasteiger partial charge in [0.05, 0.1) is 0 Å². The van der Waals surface area contributed by atoms with Crippen molar-refractivity contribution in [1.29, 1.82) is 0 Å². The van der Waals surface area contributed by atoms with Crippen LogP contribution in [0.1, 0.15) is 17.2 Å². The summed E-state index contributed by atoms with van der Waals surface area (Å²) in [6.07, 6.45) is 2.64. The fourth-order valence-corrected chi connectivity index (χ4v) is 2.83. The van der Waals surface area contributed by atoms with E-state index in [1.165, 1.54) is 17.8 Å². The minimum Gasteiger partial charge on any atom is -0.383 e. The van der Waals surface area contributed by atoms with E-state index in [0.29, 0.717) is 5.16 Å². The van der Waals surface area contributed by atoms with Crippen LogP contribution in [-0.4, -0.2) is 9.97 Å². The molecular formula is C14H15N3OS. The van der Waals surface area contributed by atoms with Crippen LogP contribution in [0.2, 0.25) is 0 Å². The third kappa shape index (κ3) is 3.72. The number of rotatable bonds is 5. The molecule has 0 amide bonds. The van der Waals surface area contributed by atoms with Crippen LogP contribution in [-0.2, 0) is 0 Å². The molecule has 3 N–H and O–H groups in total. The Morgan fingerprint density at radius 3 is 2.79 bits per heavy atom. The normalized spacial score (nSPS) is 12.0. The summed E-state index contributed by atoms with van der Waals surface area (Å²) in [7, 11) is 0. The molecule has 1 aromatic carbocycles. The lowest BCUT2D eigenvalue weighted by atomic mass is 10.1. The van der Waals surface area contributed by atoms with E-state index in [1.54, 1.807) is 0 Å². The highest BCUT2D eigenvalue weighted by molar-refractivity contribution is 7.99. The number of nitrogens with one attached hydrogen (secondary N) is 1. The molecule has 0 fully saturated rings. The Labute approximate surface area is 115 Å². The van der Waals surface area contributed by atoms with Gasteiger partial charge in [0.2, 0.25) is 0 Å². The fourth-order valence-electron chi connectivity index (χ4n) is 1.72. The maximum Gasteiger partial charge on any atom is 0.253 e. The first kappa shape index (κ1) is 13.4. The second-order valence-corrected chi connectivity index (χ2v) is 5.21. The molecule has 0 aliphatic heterocycles. The van der Waals surface area contributed by atoms with Crippen LogP contribution in [0, 0.1) is 0 Å². The van der Waals surface area contributed by atoms with Gasteiger partial charge in [-0.15, -0.1) is 6.58 Å². The first-order valence-corrected chi connectivity index (χ1v) is 6.76. The lowest BCUT2D eigenvalue weighted by Gasteiger charge is -2.14. The Hall–Kier alpha value is -2.01. The number of hydrogen-bond acceptors (Lipinski definition) is 4. The van der Waals surface area contributed by atoms with Crippen LogP contribution in [0.15, 0.2) is 59.0 Å². The van der Waals surface area contributed by atoms with Crippen molar-refractivity contribution >= 4 is 17.6 Å². The predicted molar refractivity (Wildman–Crippen MR) is 79.1 cm³/mol. The van der Waals surface area contributed by atoms with Crippen molar-refractivity contribution in [3.8, 4) is 0 Å². The molecule has 0 radical (unpaired) electrons. The first-order valence-electron chi connectivity index (χ1n) is 5.88. The van der Waals surface area contributed by atoms with Crippen molar-refractivity contribution in [2.75, 3.05) is 5.73 Å². The zero-order valence-electron chi connectivity index (χ0n) is 10.4. The van der Waals surface area contributed by atoms with E-state index in [2.05, 4.69) is 16.5 Å². The highest BCUT2D eigenvalue weighted by atomic mass is 32.2. The summed E-state index contributed by atoms with van der Waals surface area (Å²) in [5, 5.41) is 0.685. The predicted octanol–water partition coefficient (Wildman–Crippen LogP) is 2.76. The summed E-state index contributed by atoms with van der Waals surface area (Å²) < 4.78 is 0. The summed E-state index contributed by atoms with van der Waals surface area (Å²) in [6, 6.07) is 11.3. The maximum atomic E-state index is 11.4. The Morgan fingerprint density at radius 2 is 2.16 bits per heavy atom. The Morgan fingerprint density at radius 1 is 1.42 bits per heavy atom. The topological polar surface area (TPSA) is 71.8 Å². The third-order valence-electron chi connectivity index (χ3n) is 2.55. The monoisotopic (exact) mass is 273 g/mol. The summed E-state index contributed by atoms with van der Waals surface area (Å²) >= 11 is 1.48. The number of nitrogen functional groups attached to an aromatic ring is 1. The van der Waals surface area contributed by atoms with Crippen molar-refractivity contribution in [2.45, 2.75) is 16.8 Å². The number of nitrogens with two attached hydrogens (primary N) is 1. The smallest absolute Gasteiger partial charge is 0.253 e. The zero-order chi connectivity index (χ0) is 13.7. The second kappa shape index (κ2) is 6.24. The minimum atomic E-state index is -0.236. The van der Waals surface area contributed by atoms with Crippen LogP contribution in [0.4, 0.5) is 5.82 Å². The van der Waals surface area contributed by atoms with Gasteiger partial charge >= 0.3 is 0 Å². The first-order chi connectivity index (χ1) is 9.19. The van der Waals surface area contributed by atoms with Crippen molar-refractivity contribution in [1.82, 2.24) is 9.97 Å². The molecule has 1 heterocycles. The lowest BCUT2D eigenvalue weighted by Crippen LogP contribution is -2.10. The van der Waals surface area contributed by atoms with Crippen LogP contribution in [0.25, 0.3) is 0 Å². The van der Waals surface area contributed by atoms with Crippen LogP contribution < -0.4 is 11.3 Å². The van der Waals surface area contributed by atoms with Crippen molar-refractivity contribution in [3.63, 3.8) is 0 Å². The maximum absolute atomic E-state index is 11.4. The molecule has 0 bridgehead atoms. The molecular weight excluding hydrogens is 258 g/mol. The van der Waals surface area contributed by atoms with Gasteiger partial charge in [0.25, 0.3) is 5.56 Å². The number of aromatic nitrogens is 2. The van der Waals surface area contributed by atoms with E-state index in [1.807, 2.05) is 36.4 Å². The van der Waals surface area contributed by atoms with E-state index in [-0.39, 0.29) is 16.6 Å². The summed E-state index contributed by atoms with van der Waals surface area (Å²) in [4.78, 5) is 18.2.